The van der Waals surface area contributed by atoms with Crippen LogP contribution in [0, 0.1) is 29.1 Å². The van der Waals surface area contributed by atoms with Crippen LogP contribution in [0.3, 0.4) is 0 Å². The van der Waals surface area contributed by atoms with Crippen LogP contribution >= 0.6 is 0 Å². The third kappa shape index (κ3) is 4.38. The number of primary amides is 1. The third-order valence-electron chi connectivity index (χ3n) is 7.29. The Bertz CT molecular complexity index is 1280. The monoisotopic (exact) mass is 511 g/mol. The summed E-state index contributed by atoms with van der Waals surface area (Å²) in [5, 5.41) is 46.5. The molecule has 0 aromatic heterocycles. The maximum Gasteiger partial charge on any atom is 0.255 e. The standard InChI is InChI=1S/C26H33N5O6/c1-10(2)9-29-26(28)30-14-8-15(31(3)4)13-6-11-5-12-7-16(32)20(25(27)37)24(36)18(12)22(34)17(11)23(35)19(13)21(14)33/h8,10-12,18,32-34H,5-7,9H2,1-4H3,(H2,27,37)(H3,28,29,30). The fourth-order valence-electron chi connectivity index (χ4n) is 5.67. The molecule has 4 rings (SSSR count). The number of carbonyl (C=O) groups is 3. The number of rotatable bonds is 5. The number of Topliss-reactive ketones (excluding diaryl/α,β-unsaturated/α-hetero) is 2. The van der Waals surface area contributed by atoms with Crippen molar-refractivity contribution in [1.29, 1.82) is 5.41 Å². The quantitative estimate of drug-likeness (QED) is 0.134. The molecule has 0 radical (unpaired) electrons. The van der Waals surface area contributed by atoms with Gasteiger partial charge in [0.2, 0.25) is 0 Å². The van der Waals surface area contributed by atoms with Gasteiger partial charge in [0.25, 0.3) is 5.91 Å². The average Bonchev–Trinajstić information content (AvgIpc) is 2.78. The lowest BCUT2D eigenvalue weighted by molar-refractivity contribution is -0.126. The Hall–Kier alpha value is -4.02. The number of guanidine groups is 1. The Morgan fingerprint density at radius 2 is 1.89 bits per heavy atom. The third-order valence-corrected chi connectivity index (χ3v) is 7.29. The number of phenolic OH excluding ortho intramolecular Hbond substituents is 1. The van der Waals surface area contributed by atoms with Gasteiger partial charge < -0.3 is 36.6 Å². The molecule has 11 nitrogen and oxygen atoms in total. The predicted molar refractivity (Wildman–Crippen MR) is 138 cm³/mol. The number of aliphatic hydroxyl groups excluding tert-OH is 2. The molecule has 0 heterocycles. The van der Waals surface area contributed by atoms with Gasteiger partial charge in [0.15, 0.2) is 23.3 Å². The van der Waals surface area contributed by atoms with Gasteiger partial charge in [-0.3, -0.25) is 19.8 Å². The second-order valence-corrected chi connectivity index (χ2v) is 10.6. The van der Waals surface area contributed by atoms with E-state index in [0.717, 1.165) is 0 Å². The number of aliphatic hydroxyl groups is 2. The van der Waals surface area contributed by atoms with Crippen molar-refractivity contribution in [2.24, 2.45) is 29.4 Å². The lowest BCUT2D eigenvalue weighted by atomic mass is 9.62. The molecule has 1 amide bonds. The molecule has 0 bridgehead atoms. The number of benzene rings is 1. The molecule has 1 aromatic carbocycles. The molecule has 3 aliphatic carbocycles. The van der Waals surface area contributed by atoms with Gasteiger partial charge >= 0.3 is 0 Å². The van der Waals surface area contributed by atoms with Crippen LogP contribution in [0.2, 0.25) is 0 Å². The molecule has 0 saturated carbocycles. The first-order chi connectivity index (χ1) is 17.3. The second kappa shape index (κ2) is 9.45. The molecule has 0 spiro atoms. The van der Waals surface area contributed by atoms with E-state index in [-0.39, 0.29) is 40.9 Å². The molecule has 3 unspecified atom stereocenters. The summed E-state index contributed by atoms with van der Waals surface area (Å²) in [4.78, 5) is 40.4. The summed E-state index contributed by atoms with van der Waals surface area (Å²) >= 11 is 0. The van der Waals surface area contributed by atoms with Gasteiger partial charge in [-0.25, -0.2) is 0 Å². The number of phenols is 1. The Morgan fingerprint density at radius 3 is 2.49 bits per heavy atom. The van der Waals surface area contributed by atoms with Crippen molar-refractivity contribution < 1.29 is 29.7 Å². The van der Waals surface area contributed by atoms with E-state index in [9.17, 15) is 29.7 Å². The number of fused-ring (bicyclic) bond motifs is 3. The van der Waals surface area contributed by atoms with E-state index in [1.807, 2.05) is 13.8 Å². The van der Waals surface area contributed by atoms with E-state index in [0.29, 0.717) is 30.6 Å². The Kier molecular flexibility index (Phi) is 6.66. The SMILES string of the molecule is CC(C)CNC(=N)Nc1cc(N(C)C)c2c(c1O)C(=O)C1=C(O)C3C(=O)C(C(N)=O)=C(O)CC3CC1C2. The van der Waals surface area contributed by atoms with Crippen molar-refractivity contribution in [2.45, 2.75) is 33.1 Å². The first-order valence-corrected chi connectivity index (χ1v) is 12.2. The van der Waals surface area contributed by atoms with E-state index in [4.69, 9.17) is 11.1 Å². The van der Waals surface area contributed by atoms with E-state index in [1.54, 1.807) is 25.1 Å². The number of hydrogen-bond donors (Lipinski definition) is 7. The highest BCUT2D eigenvalue weighted by molar-refractivity contribution is 6.22. The van der Waals surface area contributed by atoms with Crippen LogP contribution in [0.15, 0.2) is 28.7 Å². The normalized spacial score (nSPS) is 22.9. The van der Waals surface area contributed by atoms with E-state index in [1.165, 1.54) is 0 Å². The maximum atomic E-state index is 13.8. The smallest absolute Gasteiger partial charge is 0.255 e. The van der Waals surface area contributed by atoms with Crippen molar-refractivity contribution in [3.05, 3.63) is 39.9 Å². The molecule has 0 aliphatic heterocycles. The zero-order chi connectivity index (χ0) is 27.3. The summed E-state index contributed by atoms with van der Waals surface area (Å²) in [5.74, 6) is -5.56. The van der Waals surface area contributed by atoms with Gasteiger partial charge in [-0.2, -0.15) is 0 Å². The van der Waals surface area contributed by atoms with Gasteiger partial charge in [0.1, 0.15) is 17.1 Å². The molecule has 3 aliphatic rings. The van der Waals surface area contributed by atoms with Crippen LogP contribution in [0.5, 0.6) is 5.75 Å². The molecule has 37 heavy (non-hydrogen) atoms. The molecule has 0 fully saturated rings. The first kappa shape index (κ1) is 26.1. The lowest BCUT2D eigenvalue weighted by Crippen LogP contribution is -2.43. The minimum Gasteiger partial charge on any atom is -0.511 e. The molecular weight excluding hydrogens is 478 g/mol. The average molecular weight is 512 g/mol. The molecule has 8 N–H and O–H groups in total. The maximum absolute atomic E-state index is 13.8. The van der Waals surface area contributed by atoms with Crippen molar-refractivity contribution in [3.63, 3.8) is 0 Å². The van der Waals surface area contributed by atoms with E-state index >= 15 is 0 Å². The van der Waals surface area contributed by atoms with Gasteiger partial charge in [0.05, 0.1) is 17.2 Å². The molecule has 0 saturated heterocycles. The number of carbonyl (C=O) groups excluding carboxylic acids is 3. The summed E-state index contributed by atoms with van der Waals surface area (Å²) in [7, 11) is 3.61. The fourth-order valence-corrected chi connectivity index (χ4v) is 5.67. The molecule has 11 heteroatoms. The van der Waals surface area contributed by atoms with Crippen LogP contribution in [0.4, 0.5) is 11.4 Å². The number of hydrogen-bond acceptors (Lipinski definition) is 8. The van der Waals surface area contributed by atoms with Gasteiger partial charge in [-0.15, -0.1) is 0 Å². The Balaban J connectivity index is 1.80. The number of nitrogens with two attached hydrogens (primary N) is 1. The van der Waals surface area contributed by atoms with Crippen LogP contribution in [-0.2, 0) is 16.0 Å². The number of ketones is 2. The summed E-state index contributed by atoms with van der Waals surface area (Å²) in [6.07, 6.45) is 0.633. The largest absolute Gasteiger partial charge is 0.511 e. The molecule has 3 atom stereocenters. The van der Waals surface area contributed by atoms with Gasteiger partial charge in [-0.1, -0.05) is 13.8 Å². The minimum absolute atomic E-state index is 0.00150. The van der Waals surface area contributed by atoms with E-state index in [2.05, 4.69) is 10.6 Å². The molecule has 1 aromatic rings. The van der Waals surface area contributed by atoms with Crippen molar-refractivity contribution in [3.8, 4) is 5.75 Å². The lowest BCUT2D eigenvalue weighted by Gasteiger charge is -2.41. The highest BCUT2D eigenvalue weighted by Gasteiger charge is 2.50. The zero-order valence-corrected chi connectivity index (χ0v) is 21.3. The number of nitrogens with zero attached hydrogens (tertiary/aromatic N) is 1. The second-order valence-electron chi connectivity index (χ2n) is 10.6. The summed E-state index contributed by atoms with van der Waals surface area (Å²) < 4.78 is 0. The molecule has 198 valence electrons. The van der Waals surface area contributed by atoms with E-state index < -0.39 is 52.3 Å². The van der Waals surface area contributed by atoms with Crippen LogP contribution in [-0.4, -0.2) is 59.4 Å². The van der Waals surface area contributed by atoms with Crippen LogP contribution in [0.1, 0.15) is 42.6 Å². The summed E-state index contributed by atoms with van der Waals surface area (Å²) in [6, 6.07) is 1.67. The molecular formula is C26H33N5O6. The number of amides is 1. The zero-order valence-electron chi connectivity index (χ0n) is 21.3. The topological polar surface area (TPSA) is 189 Å². The number of aromatic hydroxyl groups is 1. The fraction of sp³-hybridized carbons (Fsp3) is 0.462. The highest BCUT2D eigenvalue weighted by atomic mass is 16.3. The van der Waals surface area contributed by atoms with Crippen molar-refractivity contribution in [2.75, 3.05) is 30.9 Å². The summed E-state index contributed by atoms with van der Waals surface area (Å²) in [6.45, 7) is 4.52. The van der Waals surface area contributed by atoms with Crippen molar-refractivity contribution >= 4 is 34.8 Å². The Morgan fingerprint density at radius 1 is 1.22 bits per heavy atom. The number of allylic oxidation sites excluding steroid dienone is 3. The Labute approximate surface area is 214 Å². The van der Waals surface area contributed by atoms with Gasteiger partial charge in [0, 0.05) is 38.3 Å². The van der Waals surface area contributed by atoms with Gasteiger partial charge in [-0.05, 0) is 42.2 Å². The highest BCUT2D eigenvalue weighted by Crippen LogP contribution is 2.51. The number of anilines is 2. The predicted octanol–water partition coefficient (Wildman–Crippen LogP) is 2.12. The minimum atomic E-state index is -1.17. The first-order valence-electron chi connectivity index (χ1n) is 12.2. The number of nitrogens with one attached hydrogen (secondary N) is 3. The summed E-state index contributed by atoms with van der Waals surface area (Å²) in [5.41, 5.74) is 6.18. The van der Waals surface area contributed by atoms with Crippen molar-refractivity contribution in [1.82, 2.24) is 5.32 Å². The van der Waals surface area contributed by atoms with Crippen LogP contribution < -0.4 is 21.3 Å². The van der Waals surface area contributed by atoms with Crippen LogP contribution in [0.25, 0.3) is 0 Å².